The molecule has 27 heavy (non-hydrogen) atoms. The number of allylic oxidation sites excluding steroid dienone is 1. The van der Waals surface area contributed by atoms with Crippen LogP contribution < -0.4 is 4.74 Å². The zero-order valence-electron chi connectivity index (χ0n) is 14.7. The van der Waals surface area contributed by atoms with E-state index in [1.165, 1.54) is 6.20 Å². The quantitative estimate of drug-likeness (QED) is 0.571. The molecule has 1 aliphatic rings. The molecule has 0 amide bonds. The highest BCUT2D eigenvalue weighted by Gasteiger charge is 2.26. The number of ether oxygens (including phenoxy) is 1. The second kappa shape index (κ2) is 7.99. The third kappa shape index (κ3) is 3.71. The molecule has 0 radical (unpaired) electrons. The molecule has 0 fully saturated rings. The predicted octanol–water partition coefficient (Wildman–Crippen LogP) is 5.05. The molecule has 1 aliphatic heterocycles. The first-order valence-electron chi connectivity index (χ1n) is 8.41. The largest absolute Gasteiger partial charge is 0.483 e. The van der Waals surface area contributed by atoms with Crippen molar-refractivity contribution in [1.82, 2.24) is 0 Å². The van der Waals surface area contributed by atoms with E-state index in [9.17, 15) is 5.26 Å². The van der Waals surface area contributed by atoms with Crippen LogP contribution in [0, 0.1) is 22.7 Å². The van der Waals surface area contributed by atoms with E-state index in [0.717, 1.165) is 22.3 Å². The normalized spacial score (nSPS) is 17.2. The lowest BCUT2D eigenvalue weighted by Crippen LogP contribution is -2.29. The molecule has 3 rings (SSSR count). The Morgan fingerprint density at radius 1 is 1.15 bits per heavy atom. The Kier molecular flexibility index (Phi) is 5.30. The summed E-state index contributed by atoms with van der Waals surface area (Å²) in [4.78, 5) is 4.21. The summed E-state index contributed by atoms with van der Waals surface area (Å²) in [6.45, 7) is 7.40. The Morgan fingerprint density at radius 3 is 2.67 bits per heavy atom. The van der Waals surface area contributed by atoms with Crippen molar-refractivity contribution >= 4 is 11.3 Å². The van der Waals surface area contributed by atoms with E-state index in [-0.39, 0.29) is 6.10 Å². The Hall–Kier alpha value is -3.89. The fourth-order valence-corrected chi connectivity index (χ4v) is 3.09. The molecular formula is C23H17N3O. The molecule has 130 valence electrons. The van der Waals surface area contributed by atoms with Crippen LogP contribution in [0.15, 0.2) is 79.0 Å². The highest BCUT2D eigenvalue weighted by atomic mass is 16.5. The third-order valence-corrected chi connectivity index (χ3v) is 4.34. The van der Waals surface area contributed by atoms with Crippen LogP contribution in [0.3, 0.4) is 0 Å². The van der Waals surface area contributed by atoms with Crippen LogP contribution in [0.4, 0.5) is 0 Å². The van der Waals surface area contributed by atoms with Gasteiger partial charge in [-0.2, -0.15) is 10.5 Å². The summed E-state index contributed by atoms with van der Waals surface area (Å²) >= 11 is 0. The van der Waals surface area contributed by atoms with Crippen LogP contribution in [-0.2, 0) is 0 Å². The summed E-state index contributed by atoms with van der Waals surface area (Å²) in [7, 11) is 0. The van der Waals surface area contributed by atoms with Crippen LogP contribution in [0.25, 0.3) is 16.7 Å². The number of hydrogen-bond acceptors (Lipinski definition) is 4. The van der Waals surface area contributed by atoms with Crippen LogP contribution in [0.2, 0.25) is 0 Å². The number of benzene rings is 2. The van der Waals surface area contributed by atoms with Gasteiger partial charge in [0.25, 0.3) is 0 Å². The Balaban J connectivity index is 2.06. The third-order valence-electron chi connectivity index (χ3n) is 4.34. The van der Waals surface area contributed by atoms with Gasteiger partial charge in [0.2, 0.25) is 0 Å². The molecule has 0 saturated heterocycles. The van der Waals surface area contributed by atoms with Gasteiger partial charge in [-0.1, -0.05) is 31.4 Å². The van der Waals surface area contributed by atoms with Gasteiger partial charge < -0.3 is 4.74 Å². The maximum absolute atomic E-state index is 9.21. The molecule has 1 unspecified atom stereocenters. The lowest BCUT2D eigenvalue weighted by atomic mass is 9.91. The van der Waals surface area contributed by atoms with E-state index in [4.69, 9.17) is 10.00 Å². The maximum Gasteiger partial charge on any atom is 0.145 e. The van der Waals surface area contributed by atoms with Gasteiger partial charge in [-0.3, -0.25) is 4.99 Å². The predicted molar refractivity (Wildman–Crippen MR) is 107 cm³/mol. The molecule has 0 spiro atoms. The van der Waals surface area contributed by atoms with Gasteiger partial charge in [-0.15, -0.1) is 0 Å². The molecule has 1 atom stereocenters. The van der Waals surface area contributed by atoms with Gasteiger partial charge in [0, 0.05) is 24.3 Å². The first-order chi connectivity index (χ1) is 13.2. The lowest BCUT2D eigenvalue weighted by Gasteiger charge is -2.28. The van der Waals surface area contributed by atoms with Gasteiger partial charge in [0.15, 0.2) is 0 Å². The molecule has 2 aromatic carbocycles. The molecule has 0 saturated carbocycles. The van der Waals surface area contributed by atoms with Crippen molar-refractivity contribution < 1.29 is 4.74 Å². The average molecular weight is 351 g/mol. The molecule has 4 heteroatoms. The summed E-state index contributed by atoms with van der Waals surface area (Å²) in [5, 5.41) is 18.3. The van der Waals surface area contributed by atoms with Crippen molar-refractivity contribution in [2.45, 2.75) is 12.5 Å². The number of rotatable bonds is 4. The van der Waals surface area contributed by atoms with E-state index in [0.29, 0.717) is 23.4 Å². The molecule has 2 aromatic rings. The van der Waals surface area contributed by atoms with Crippen LogP contribution in [0.5, 0.6) is 5.75 Å². The standard InChI is InChI=1S/C23H17N3O/c1-3-21(26-4-2)23-14-19(10-11-24)20-13-18(8-9-22(20)27-23)17-7-5-6-16(12-17)15-25/h3-10,12-13,23H,1-2,14H2/b19-10-,26-21?. The van der Waals surface area contributed by atoms with E-state index in [1.807, 2.05) is 36.4 Å². The van der Waals surface area contributed by atoms with Crippen molar-refractivity contribution in [3.8, 4) is 29.0 Å². The zero-order valence-corrected chi connectivity index (χ0v) is 14.7. The molecule has 0 N–H and O–H groups in total. The summed E-state index contributed by atoms with van der Waals surface area (Å²) in [5.41, 5.74) is 4.92. The number of fused-ring (bicyclic) bond motifs is 1. The lowest BCUT2D eigenvalue weighted by molar-refractivity contribution is 0.264. The van der Waals surface area contributed by atoms with Crippen LogP contribution in [-0.4, -0.2) is 11.8 Å². The average Bonchev–Trinajstić information content (AvgIpc) is 2.71. The van der Waals surface area contributed by atoms with E-state index in [1.54, 1.807) is 18.2 Å². The first-order valence-corrected chi connectivity index (χ1v) is 8.41. The van der Waals surface area contributed by atoms with Gasteiger partial charge in [0.05, 0.1) is 23.4 Å². The molecule has 0 bridgehead atoms. The van der Waals surface area contributed by atoms with Crippen LogP contribution in [0.1, 0.15) is 17.5 Å². The van der Waals surface area contributed by atoms with Crippen LogP contribution >= 0.6 is 0 Å². The van der Waals surface area contributed by atoms with Gasteiger partial charge in [0.1, 0.15) is 11.9 Å². The monoisotopic (exact) mass is 351 g/mol. The molecular weight excluding hydrogens is 334 g/mol. The van der Waals surface area contributed by atoms with E-state index < -0.39 is 0 Å². The fraction of sp³-hybridized carbons (Fsp3) is 0.0870. The molecule has 0 aliphatic carbocycles. The minimum atomic E-state index is -0.319. The topological polar surface area (TPSA) is 69.2 Å². The minimum Gasteiger partial charge on any atom is -0.483 e. The second-order valence-corrected chi connectivity index (χ2v) is 5.95. The zero-order chi connectivity index (χ0) is 19.2. The Morgan fingerprint density at radius 2 is 1.96 bits per heavy atom. The first kappa shape index (κ1) is 17.9. The maximum atomic E-state index is 9.21. The van der Waals surface area contributed by atoms with Crippen molar-refractivity contribution in [1.29, 1.82) is 10.5 Å². The smallest absolute Gasteiger partial charge is 0.145 e. The molecule has 0 aromatic heterocycles. The minimum absolute atomic E-state index is 0.319. The van der Waals surface area contributed by atoms with Crippen molar-refractivity contribution in [2.24, 2.45) is 4.99 Å². The van der Waals surface area contributed by atoms with Crippen molar-refractivity contribution in [3.63, 3.8) is 0 Å². The molecule has 4 nitrogen and oxygen atoms in total. The van der Waals surface area contributed by atoms with Crippen molar-refractivity contribution in [2.75, 3.05) is 0 Å². The van der Waals surface area contributed by atoms with E-state index >= 15 is 0 Å². The number of nitriles is 2. The fourth-order valence-electron chi connectivity index (χ4n) is 3.09. The summed E-state index contributed by atoms with van der Waals surface area (Å²) < 4.78 is 6.10. The summed E-state index contributed by atoms with van der Waals surface area (Å²) in [5.74, 6) is 0.687. The summed E-state index contributed by atoms with van der Waals surface area (Å²) in [6.07, 6.45) is 4.83. The summed E-state index contributed by atoms with van der Waals surface area (Å²) in [6, 6.07) is 17.5. The van der Waals surface area contributed by atoms with Gasteiger partial charge >= 0.3 is 0 Å². The van der Waals surface area contributed by atoms with Gasteiger partial charge in [-0.05, 0) is 47.0 Å². The van der Waals surface area contributed by atoms with Gasteiger partial charge in [-0.25, -0.2) is 0 Å². The Labute approximate surface area is 158 Å². The number of aliphatic imine (C=N–C) groups is 1. The highest BCUT2D eigenvalue weighted by molar-refractivity contribution is 6.00. The number of nitrogens with zero attached hydrogens (tertiary/aromatic N) is 3. The number of hydrogen-bond donors (Lipinski definition) is 0. The molecule has 1 heterocycles. The highest BCUT2D eigenvalue weighted by Crippen LogP contribution is 2.38. The second-order valence-electron chi connectivity index (χ2n) is 5.95. The SMILES string of the molecule is C=CN=C(C=C)C1C/C(=C/C#N)c2cc(-c3cccc(C#N)c3)ccc2O1. The van der Waals surface area contributed by atoms with E-state index in [2.05, 4.69) is 30.3 Å². The Bertz CT molecular complexity index is 1050. The van der Waals surface area contributed by atoms with Crippen molar-refractivity contribution in [3.05, 3.63) is 85.1 Å².